The summed E-state index contributed by atoms with van der Waals surface area (Å²) in [6.07, 6.45) is -0.902. The highest BCUT2D eigenvalue weighted by molar-refractivity contribution is 5.94. The van der Waals surface area contributed by atoms with Gasteiger partial charge in [0, 0.05) is 24.6 Å². The maximum absolute atomic E-state index is 12.2. The van der Waals surface area contributed by atoms with E-state index in [0.717, 1.165) is 0 Å². The van der Waals surface area contributed by atoms with Crippen molar-refractivity contribution < 1.29 is 14.3 Å². The average Bonchev–Trinajstić information content (AvgIpc) is 3.12. The van der Waals surface area contributed by atoms with Crippen molar-refractivity contribution in [3.05, 3.63) is 95.1 Å². The molecular formula is C25H25N3O3. The van der Waals surface area contributed by atoms with Crippen LogP contribution < -0.4 is 16.8 Å². The molecule has 31 heavy (non-hydrogen) atoms. The van der Waals surface area contributed by atoms with Crippen LogP contribution in [0.25, 0.3) is 11.1 Å². The molecule has 0 bridgehead atoms. The predicted molar refractivity (Wildman–Crippen MR) is 119 cm³/mol. The van der Waals surface area contributed by atoms with Crippen molar-refractivity contribution in [2.75, 3.05) is 19.7 Å². The Labute approximate surface area is 181 Å². The second-order valence-corrected chi connectivity index (χ2v) is 7.51. The van der Waals surface area contributed by atoms with Crippen molar-refractivity contribution >= 4 is 11.8 Å². The largest absolute Gasteiger partial charge is 0.367 e. The highest BCUT2D eigenvalue weighted by Gasteiger charge is 2.30. The van der Waals surface area contributed by atoms with Crippen LogP contribution in [-0.4, -0.2) is 31.5 Å². The number of ether oxygens (including phenoxy) is 1. The van der Waals surface area contributed by atoms with Crippen LogP contribution >= 0.6 is 0 Å². The number of amides is 2. The number of fused-ring (bicyclic) bond motifs is 3. The third-order valence-electron chi connectivity index (χ3n) is 5.56. The minimum absolute atomic E-state index is 0.0237. The van der Waals surface area contributed by atoms with Gasteiger partial charge < -0.3 is 21.5 Å². The highest BCUT2D eigenvalue weighted by atomic mass is 16.5. The molecule has 6 heteroatoms. The summed E-state index contributed by atoms with van der Waals surface area (Å²) in [5, 5.41) is 2.71. The molecule has 6 nitrogen and oxygen atoms in total. The maximum atomic E-state index is 12.2. The van der Waals surface area contributed by atoms with Crippen LogP contribution in [0.4, 0.5) is 0 Å². The molecule has 3 aromatic carbocycles. The Morgan fingerprint density at radius 2 is 1.48 bits per heavy atom. The second kappa shape index (κ2) is 9.12. The Balaban J connectivity index is 1.52. The van der Waals surface area contributed by atoms with E-state index in [0.29, 0.717) is 30.8 Å². The monoisotopic (exact) mass is 415 g/mol. The zero-order valence-electron chi connectivity index (χ0n) is 17.1. The van der Waals surface area contributed by atoms with Gasteiger partial charge in [-0.1, -0.05) is 60.7 Å². The number of nitrogens with one attached hydrogen (secondary N) is 1. The molecule has 3 aromatic rings. The zero-order chi connectivity index (χ0) is 21.8. The lowest BCUT2D eigenvalue weighted by molar-refractivity contribution is -0.130. The van der Waals surface area contributed by atoms with Gasteiger partial charge in [-0.2, -0.15) is 0 Å². The predicted octanol–water partition coefficient (Wildman–Crippen LogP) is 2.73. The van der Waals surface area contributed by atoms with Gasteiger partial charge in [0.25, 0.3) is 11.8 Å². The topological polar surface area (TPSA) is 107 Å². The first-order valence-electron chi connectivity index (χ1n) is 10.3. The van der Waals surface area contributed by atoms with Gasteiger partial charge in [-0.15, -0.1) is 0 Å². The lowest BCUT2D eigenvalue weighted by Crippen LogP contribution is -2.29. The normalized spacial score (nSPS) is 13.3. The molecule has 1 aliphatic rings. The number of primary amides is 1. The maximum Gasteiger partial charge on any atom is 0.251 e. The third-order valence-corrected chi connectivity index (χ3v) is 5.56. The Kier molecular flexibility index (Phi) is 6.11. The summed E-state index contributed by atoms with van der Waals surface area (Å²) in [7, 11) is 0. The van der Waals surface area contributed by atoms with E-state index in [2.05, 4.69) is 29.6 Å². The van der Waals surface area contributed by atoms with E-state index < -0.39 is 12.0 Å². The molecule has 0 heterocycles. The molecule has 1 atom stereocenters. The summed E-state index contributed by atoms with van der Waals surface area (Å²) in [4.78, 5) is 24.2. The second-order valence-electron chi connectivity index (χ2n) is 7.51. The number of carbonyl (C=O) groups is 2. The molecule has 4 rings (SSSR count). The van der Waals surface area contributed by atoms with Crippen molar-refractivity contribution in [3.63, 3.8) is 0 Å². The summed E-state index contributed by atoms with van der Waals surface area (Å²) < 4.78 is 6.06. The van der Waals surface area contributed by atoms with E-state index in [4.69, 9.17) is 16.2 Å². The molecule has 0 fully saturated rings. The first-order chi connectivity index (χ1) is 15.1. The minimum atomic E-state index is -0.902. The van der Waals surface area contributed by atoms with Crippen LogP contribution in [0.15, 0.2) is 72.8 Å². The Morgan fingerprint density at radius 1 is 0.903 bits per heavy atom. The van der Waals surface area contributed by atoms with Gasteiger partial charge in [0.15, 0.2) is 6.10 Å². The third kappa shape index (κ3) is 4.21. The van der Waals surface area contributed by atoms with E-state index in [1.165, 1.54) is 22.3 Å². The van der Waals surface area contributed by atoms with Crippen molar-refractivity contribution in [1.29, 1.82) is 0 Å². The smallest absolute Gasteiger partial charge is 0.251 e. The van der Waals surface area contributed by atoms with E-state index in [1.54, 1.807) is 24.3 Å². The molecule has 0 saturated heterocycles. The molecule has 0 aliphatic heterocycles. The van der Waals surface area contributed by atoms with Crippen LogP contribution in [-0.2, 0) is 9.53 Å². The van der Waals surface area contributed by atoms with Crippen LogP contribution in [0.3, 0.4) is 0 Å². The Morgan fingerprint density at radius 3 is 2.03 bits per heavy atom. The van der Waals surface area contributed by atoms with Gasteiger partial charge in [-0.3, -0.25) is 9.59 Å². The van der Waals surface area contributed by atoms with Crippen molar-refractivity contribution in [2.24, 2.45) is 11.5 Å². The molecule has 1 unspecified atom stereocenters. The lowest BCUT2D eigenvalue weighted by Gasteiger charge is -2.20. The molecule has 2 amide bonds. The van der Waals surface area contributed by atoms with E-state index in [1.807, 2.05) is 24.3 Å². The van der Waals surface area contributed by atoms with Gasteiger partial charge >= 0.3 is 0 Å². The summed E-state index contributed by atoms with van der Waals surface area (Å²) in [6.45, 7) is 1.09. The SMILES string of the molecule is NCCNC(=O)c1ccc(C(OCC2c3ccccc3-c3ccccc32)C(N)=O)cc1. The first-order valence-corrected chi connectivity index (χ1v) is 10.3. The molecule has 5 N–H and O–H groups in total. The fourth-order valence-corrected chi connectivity index (χ4v) is 4.07. The van der Waals surface area contributed by atoms with Crippen LogP contribution in [0.1, 0.15) is 39.1 Å². The zero-order valence-corrected chi connectivity index (χ0v) is 17.1. The molecule has 1 aliphatic carbocycles. The van der Waals surface area contributed by atoms with Crippen LogP contribution in [0, 0.1) is 0 Å². The van der Waals surface area contributed by atoms with Crippen LogP contribution in [0.2, 0.25) is 0 Å². The average molecular weight is 415 g/mol. The summed E-state index contributed by atoms with van der Waals surface area (Å²) in [5.74, 6) is -0.761. The van der Waals surface area contributed by atoms with E-state index >= 15 is 0 Å². The molecule has 158 valence electrons. The number of rotatable bonds is 8. The molecule has 0 radical (unpaired) electrons. The van der Waals surface area contributed by atoms with Gasteiger partial charge in [0.05, 0.1) is 6.61 Å². The van der Waals surface area contributed by atoms with E-state index in [9.17, 15) is 9.59 Å². The number of hydrogen-bond acceptors (Lipinski definition) is 4. The molecule has 0 aromatic heterocycles. The molecule has 0 spiro atoms. The lowest BCUT2D eigenvalue weighted by atomic mass is 9.98. The summed E-state index contributed by atoms with van der Waals surface area (Å²) >= 11 is 0. The number of hydrogen-bond donors (Lipinski definition) is 3. The summed E-state index contributed by atoms with van der Waals surface area (Å²) in [6, 6.07) is 23.2. The number of nitrogens with two attached hydrogens (primary N) is 2. The molecular weight excluding hydrogens is 390 g/mol. The van der Waals surface area contributed by atoms with Crippen molar-refractivity contribution in [2.45, 2.75) is 12.0 Å². The first kappa shape index (κ1) is 20.8. The fourth-order valence-electron chi connectivity index (χ4n) is 4.07. The van der Waals surface area contributed by atoms with Gasteiger partial charge in [0.2, 0.25) is 0 Å². The minimum Gasteiger partial charge on any atom is -0.367 e. The van der Waals surface area contributed by atoms with Gasteiger partial charge in [-0.05, 0) is 39.9 Å². The standard InChI is InChI=1S/C25H25N3O3/c26-13-14-28-25(30)17-11-9-16(10-12-17)23(24(27)29)31-15-22-20-7-3-1-5-18(20)19-6-2-4-8-21(19)22/h1-12,22-23H,13-15,26H2,(H2,27,29)(H,28,30). The highest BCUT2D eigenvalue weighted by Crippen LogP contribution is 2.44. The van der Waals surface area contributed by atoms with Crippen molar-refractivity contribution in [1.82, 2.24) is 5.32 Å². The fraction of sp³-hybridized carbons (Fsp3) is 0.200. The Hall–Kier alpha value is -3.48. The van der Waals surface area contributed by atoms with Gasteiger partial charge in [-0.25, -0.2) is 0 Å². The van der Waals surface area contributed by atoms with Gasteiger partial charge in [0.1, 0.15) is 0 Å². The van der Waals surface area contributed by atoms with Crippen molar-refractivity contribution in [3.8, 4) is 11.1 Å². The molecule has 0 saturated carbocycles. The van der Waals surface area contributed by atoms with E-state index in [-0.39, 0.29) is 11.8 Å². The number of carbonyl (C=O) groups excluding carboxylic acids is 2. The summed E-state index contributed by atoms with van der Waals surface area (Å²) in [5.41, 5.74) is 16.9. The van der Waals surface area contributed by atoms with Crippen LogP contribution in [0.5, 0.6) is 0 Å². The quantitative estimate of drug-likeness (QED) is 0.526. The number of benzene rings is 3. The Bertz CT molecular complexity index is 1050.